The Hall–Kier alpha value is -0.520. The maximum Gasteiger partial charge on any atom is 0.225 e. The van der Waals surface area contributed by atoms with Gasteiger partial charge >= 0.3 is 0 Å². The van der Waals surface area contributed by atoms with E-state index >= 15 is 0 Å². The van der Waals surface area contributed by atoms with Gasteiger partial charge in [0, 0.05) is 35.7 Å². The van der Waals surface area contributed by atoms with Gasteiger partial charge in [-0.05, 0) is 27.2 Å². The molecule has 1 amide bonds. The molecule has 0 bridgehead atoms. The minimum Gasteiger partial charge on any atom is -0.329 e. The maximum atomic E-state index is 11.6. The van der Waals surface area contributed by atoms with Crippen LogP contribution in [0.4, 0.5) is 0 Å². The van der Waals surface area contributed by atoms with Gasteiger partial charge in [0.1, 0.15) is 0 Å². The summed E-state index contributed by atoms with van der Waals surface area (Å²) in [7, 11) is 0. The highest BCUT2D eigenvalue weighted by Crippen LogP contribution is 2.09. The first-order valence-electron chi connectivity index (χ1n) is 6.07. The summed E-state index contributed by atoms with van der Waals surface area (Å²) in [6.07, 6.45) is 1.52. The van der Waals surface area contributed by atoms with Crippen LogP contribution in [0.1, 0.15) is 40.5 Å². The normalized spacial score (nSPS) is 16.1. The van der Waals surface area contributed by atoms with Crippen molar-refractivity contribution in [2.75, 3.05) is 6.54 Å². The van der Waals surface area contributed by atoms with Crippen LogP contribution < -0.4 is 16.4 Å². The van der Waals surface area contributed by atoms with E-state index in [4.69, 9.17) is 5.73 Å². The molecule has 1 unspecified atom stereocenters. The number of hydrogen-bond donors (Lipinski definition) is 4. The average Bonchev–Trinajstić information content (AvgIpc) is 2.27. The monoisotopic (exact) mass is 259 g/mol. The lowest BCUT2D eigenvalue weighted by Gasteiger charge is -2.13. The summed E-state index contributed by atoms with van der Waals surface area (Å²) in [6, 6.07) is 0.292. The number of carbonyl (C=O) groups is 1. The summed E-state index contributed by atoms with van der Waals surface area (Å²) < 4.78 is 0. The molecule has 0 fully saturated rings. The third kappa shape index (κ3) is 7.41. The van der Waals surface area contributed by atoms with E-state index in [2.05, 4.69) is 37.1 Å². The molecule has 2 atom stereocenters. The Morgan fingerprint density at radius 1 is 1.41 bits per heavy atom. The van der Waals surface area contributed by atoms with Gasteiger partial charge in [-0.3, -0.25) is 4.79 Å². The third-order valence-corrected chi connectivity index (χ3v) is 3.34. The highest BCUT2D eigenvalue weighted by molar-refractivity contribution is 7.84. The van der Waals surface area contributed by atoms with E-state index in [9.17, 15) is 4.79 Å². The van der Waals surface area contributed by atoms with Crippen molar-refractivity contribution in [2.24, 2.45) is 5.73 Å². The largest absolute Gasteiger partial charge is 0.329 e. The lowest BCUT2D eigenvalue weighted by atomic mass is 10.2. The van der Waals surface area contributed by atoms with Gasteiger partial charge < -0.3 is 16.4 Å². The Balaban J connectivity index is 3.99. The molecule has 4 nitrogen and oxygen atoms in total. The fourth-order valence-corrected chi connectivity index (χ4v) is 1.31. The van der Waals surface area contributed by atoms with Crippen molar-refractivity contribution in [1.29, 1.82) is 0 Å². The van der Waals surface area contributed by atoms with Crippen molar-refractivity contribution in [3.8, 4) is 0 Å². The lowest BCUT2D eigenvalue weighted by Crippen LogP contribution is -2.32. The summed E-state index contributed by atoms with van der Waals surface area (Å²) in [5.74, 6) is -0.00879. The molecule has 100 valence electrons. The minimum absolute atomic E-state index is 0.00879. The molecule has 0 aromatic carbocycles. The lowest BCUT2D eigenvalue weighted by molar-refractivity contribution is -0.120. The number of thiol groups is 1. The molecule has 0 aliphatic heterocycles. The maximum absolute atomic E-state index is 11.6. The molecular weight excluding hydrogens is 234 g/mol. The molecule has 0 aliphatic carbocycles. The quantitative estimate of drug-likeness (QED) is 0.522. The Morgan fingerprint density at radius 3 is 2.47 bits per heavy atom. The molecule has 5 heteroatoms. The SMILES string of the molecule is CC[C@H](C)NCCC(=O)N/C(C)=C(\S)C(C)N. The molecule has 0 aliphatic rings. The van der Waals surface area contributed by atoms with Crippen molar-refractivity contribution < 1.29 is 4.79 Å². The van der Waals surface area contributed by atoms with Gasteiger partial charge in [0.25, 0.3) is 0 Å². The van der Waals surface area contributed by atoms with Crippen LogP contribution in [0.15, 0.2) is 10.6 Å². The second-order valence-electron chi connectivity index (χ2n) is 4.36. The third-order valence-electron chi connectivity index (χ3n) is 2.60. The van der Waals surface area contributed by atoms with Crippen molar-refractivity contribution >= 4 is 18.5 Å². The summed E-state index contributed by atoms with van der Waals surface area (Å²) in [6.45, 7) is 8.55. The standard InChI is InChI=1S/C12H25N3OS/c1-5-8(2)14-7-6-11(16)15-10(4)12(17)9(3)13/h8-9,14,17H,5-7,13H2,1-4H3,(H,15,16)/b12-10-/t8-,9?/m0/s1. The van der Waals surface area contributed by atoms with Crippen molar-refractivity contribution in [1.82, 2.24) is 10.6 Å². The molecule has 0 aromatic heterocycles. The Kier molecular flexibility index (Phi) is 8.29. The first kappa shape index (κ1) is 16.5. The molecule has 0 saturated heterocycles. The minimum atomic E-state index is -0.156. The summed E-state index contributed by atoms with van der Waals surface area (Å²) in [5, 5.41) is 6.06. The highest BCUT2D eigenvalue weighted by Gasteiger charge is 2.07. The number of amides is 1. The van der Waals surface area contributed by atoms with Gasteiger partial charge in [-0.25, -0.2) is 0 Å². The molecule has 0 saturated carbocycles. The van der Waals surface area contributed by atoms with Crippen LogP contribution in [0.5, 0.6) is 0 Å². The molecule has 4 N–H and O–H groups in total. The fraction of sp³-hybridized carbons (Fsp3) is 0.750. The van der Waals surface area contributed by atoms with Crippen molar-refractivity contribution in [2.45, 2.75) is 52.6 Å². The van der Waals surface area contributed by atoms with Crippen LogP contribution in [-0.2, 0) is 4.79 Å². The number of allylic oxidation sites excluding steroid dienone is 1. The first-order valence-corrected chi connectivity index (χ1v) is 6.51. The molecule has 0 radical (unpaired) electrons. The zero-order valence-corrected chi connectivity index (χ0v) is 12.1. The zero-order valence-electron chi connectivity index (χ0n) is 11.2. The van der Waals surface area contributed by atoms with Crippen LogP contribution in [-0.4, -0.2) is 24.5 Å². The fourth-order valence-electron chi connectivity index (χ4n) is 1.25. The van der Waals surface area contributed by atoms with Crippen LogP contribution in [0.25, 0.3) is 0 Å². The van der Waals surface area contributed by atoms with Crippen LogP contribution in [0.2, 0.25) is 0 Å². The van der Waals surface area contributed by atoms with E-state index in [1.54, 1.807) is 0 Å². The highest BCUT2D eigenvalue weighted by atomic mass is 32.1. The first-order chi connectivity index (χ1) is 7.88. The second kappa shape index (κ2) is 8.55. The predicted octanol–water partition coefficient (Wildman–Crippen LogP) is 1.39. The number of carbonyl (C=O) groups excluding carboxylic acids is 1. The number of hydrogen-bond acceptors (Lipinski definition) is 4. The smallest absolute Gasteiger partial charge is 0.225 e. The van der Waals surface area contributed by atoms with E-state index in [1.807, 2.05) is 13.8 Å². The number of rotatable bonds is 7. The molecule has 0 rings (SSSR count). The molecule has 17 heavy (non-hydrogen) atoms. The number of nitrogens with one attached hydrogen (secondary N) is 2. The van der Waals surface area contributed by atoms with Gasteiger partial charge in [0.2, 0.25) is 5.91 Å². The van der Waals surface area contributed by atoms with E-state index in [-0.39, 0.29) is 11.9 Å². The topological polar surface area (TPSA) is 67.2 Å². The van der Waals surface area contributed by atoms with Crippen LogP contribution >= 0.6 is 12.6 Å². The Morgan fingerprint density at radius 2 is 2.00 bits per heavy atom. The summed E-state index contributed by atoms with van der Waals surface area (Å²) >= 11 is 4.26. The van der Waals surface area contributed by atoms with Crippen LogP contribution in [0.3, 0.4) is 0 Å². The summed E-state index contributed by atoms with van der Waals surface area (Å²) in [5.41, 5.74) is 6.41. The van der Waals surface area contributed by atoms with Crippen molar-refractivity contribution in [3.05, 3.63) is 10.6 Å². The van der Waals surface area contributed by atoms with Gasteiger partial charge in [0.15, 0.2) is 0 Å². The molecule has 0 spiro atoms. The Bertz CT molecular complexity index is 277. The number of nitrogens with two attached hydrogens (primary N) is 1. The Labute approximate surface area is 110 Å². The second-order valence-corrected chi connectivity index (χ2v) is 4.84. The molecule has 0 aromatic rings. The van der Waals surface area contributed by atoms with E-state index in [0.717, 1.165) is 12.1 Å². The zero-order chi connectivity index (χ0) is 13.4. The average molecular weight is 259 g/mol. The van der Waals surface area contributed by atoms with E-state index < -0.39 is 0 Å². The summed E-state index contributed by atoms with van der Waals surface area (Å²) in [4.78, 5) is 12.3. The van der Waals surface area contributed by atoms with Crippen molar-refractivity contribution in [3.63, 3.8) is 0 Å². The van der Waals surface area contributed by atoms with E-state index in [1.165, 1.54) is 0 Å². The predicted molar refractivity (Wildman–Crippen MR) is 75.9 cm³/mol. The van der Waals surface area contributed by atoms with E-state index in [0.29, 0.717) is 23.9 Å². The van der Waals surface area contributed by atoms with Crippen LogP contribution in [0, 0.1) is 0 Å². The van der Waals surface area contributed by atoms with Gasteiger partial charge in [0.05, 0.1) is 0 Å². The van der Waals surface area contributed by atoms with Gasteiger partial charge in [-0.2, -0.15) is 0 Å². The molecular formula is C12H25N3OS. The van der Waals surface area contributed by atoms with Gasteiger partial charge in [-0.15, -0.1) is 12.6 Å². The van der Waals surface area contributed by atoms with Gasteiger partial charge in [-0.1, -0.05) is 6.92 Å². The molecule has 0 heterocycles.